The smallest absolute Gasteiger partial charge is 0.273 e. The van der Waals surface area contributed by atoms with Crippen LogP contribution in [-0.2, 0) is 6.42 Å². The Kier molecular flexibility index (Phi) is 4.58. The van der Waals surface area contributed by atoms with Gasteiger partial charge >= 0.3 is 0 Å². The molecule has 1 saturated carbocycles. The fourth-order valence-electron chi connectivity index (χ4n) is 2.77. The number of nitrogens with two attached hydrogens (primary N) is 1. The predicted octanol–water partition coefficient (Wildman–Crippen LogP) is 1.87. The van der Waals surface area contributed by atoms with Crippen LogP contribution in [0.4, 0.5) is 0 Å². The number of carbonyl (C=O) groups is 1. The largest absolute Gasteiger partial charge is 0.361 e. The first kappa shape index (κ1) is 14.1. The normalized spacial score (nSPS) is 27.2. The fourth-order valence-corrected chi connectivity index (χ4v) is 2.77. The van der Waals surface area contributed by atoms with E-state index in [2.05, 4.69) is 17.4 Å². The Morgan fingerprint density at radius 2 is 2.32 bits per heavy atom. The molecule has 0 saturated heterocycles. The van der Waals surface area contributed by atoms with Gasteiger partial charge in [0.25, 0.3) is 5.91 Å². The molecule has 0 bridgehead atoms. The minimum atomic E-state index is -0.137. The molecule has 1 heterocycles. The third-order valence-corrected chi connectivity index (χ3v) is 4.00. The van der Waals surface area contributed by atoms with Crippen LogP contribution in [0.25, 0.3) is 0 Å². The number of carbonyl (C=O) groups excluding carboxylic acids is 1. The van der Waals surface area contributed by atoms with Gasteiger partial charge in [0.1, 0.15) is 5.76 Å². The lowest BCUT2D eigenvalue weighted by Gasteiger charge is -2.34. The van der Waals surface area contributed by atoms with Gasteiger partial charge in [-0.3, -0.25) is 4.79 Å². The summed E-state index contributed by atoms with van der Waals surface area (Å²) < 4.78 is 5.06. The summed E-state index contributed by atoms with van der Waals surface area (Å²) in [6.45, 7) is 4.12. The third-order valence-electron chi connectivity index (χ3n) is 4.00. The molecule has 1 aliphatic carbocycles. The Labute approximate surface area is 113 Å². The molecule has 3 atom stereocenters. The molecule has 106 valence electrons. The maximum absolute atomic E-state index is 12.1. The van der Waals surface area contributed by atoms with E-state index in [1.165, 1.54) is 0 Å². The second kappa shape index (κ2) is 6.19. The Hall–Kier alpha value is -1.36. The number of amides is 1. The fraction of sp³-hybridized carbons (Fsp3) is 0.714. The number of aryl methyl sites for hydroxylation is 1. The molecule has 0 aliphatic heterocycles. The average Bonchev–Trinajstić information content (AvgIpc) is 2.89. The van der Waals surface area contributed by atoms with Gasteiger partial charge in [-0.1, -0.05) is 25.4 Å². The van der Waals surface area contributed by atoms with Crippen molar-refractivity contribution in [3.8, 4) is 0 Å². The van der Waals surface area contributed by atoms with Crippen LogP contribution < -0.4 is 11.1 Å². The number of nitrogens with zero attached hydrogens (tertiary/aromatic N) is 1. The summed E-state index contributed by atoms with van der Waals surface area (Å²) in [4.78, 5) is 12.1. The second-order valence-electron chi connectivity index (χ2n) is 5.35. The molecule has 0 radical (unpaired) electrons. The summed E-state index contributed by atoms with van der Waals surface area (Å²) in [5, 5.41) is 6.88. The Balaban J connectivity index is 1.97. The van der Waals surface area contributed by atoms with E-state index >= 15 is 0 Å². The summed E-state index contributed by atoms with van der Waals surface area (Å²) >= 11 is 0. The van der Waals surface area contributed by atoms with Gasteiger partial charge in [-0.2, -0.15) is 0 Å². The summed E-state index contributed by atoms with van der Waals surface area (Å²) in [6.07, 6.45) is 4.69. The van der Waals surface area contributed by atoms with Crippen LogP contribution in [0.3, 0.4) is 0 Å². The van der Waals surface area contributed by atoms with Gasteiger partial charge < -0.3 is 15.6 Å². The average molecular weight is 265 g/mol. The standard InChI is InChI=1S/C14H23N3O2/c1-3-9-7-10(15)5-6-12(9)16-14(18)13-8-11(4-2)19-17-13/h8-10,12H,3-7,15H2,1-2H3,(H,16,18)/t9-,10+,12+/m1/s1. The monoisotopic (exact) mass is 265 g/mol. The quantitative estimate of drug-likeness (QED) is 0.870. The zero-order chi connectivity index (χ0) is 13.8. The van der Waals surface area contributed by atoms with E-state index in [4.69, 9.17) is 10.3 Å². The van der Waals surface area contributed by atoms with Crippen molar-refractivity contribution >= 4 is 5.91 Å². The Morgan fingerprint density at radius 1 is 1.53 bits per heavy atom. The van der Waals surface area contributed by atoms with Crippen molar-refractivity contribution in [2.45, 2.75) is 58.0 Å². The minimum absolute atomic E-state index is 0.137. The van der Waals surface area contributed by atoms with Crippen LogP contribution in [-0.4, -0.2) is 23.1 Å². The number of aromatic nitrogens is 1. The van der Waals surface area contributed by atoms with Gasteiger partial charge in [0.2, 0.25) is 0 Å². The Bertz CT molecular complexity index is 430. The SMILES string of the molecule is CCc1cc(C(=O)N[C@H]2CC[C@H](N)C[C@H]2CC)no1. The number of rotatable bonds is 4. The van der Waals surface area contributed by atoms with E-state index in [-0.39, 0.29) is 18.0 Å². The van der Waals surface area contributed by atoms with Crippen molar-refractivity contribution in [2.75, 3.05) is 0 Å². The molecule has 1 fully saturated rings. The molecule has 1 aromatic rings. The maximum atomic E-state index is 12.1. The van der Waals surface area contributed by atoms with Gasteiger partial charge in [0.05, 0.1) is 0 Å². The molecule has 5 nitrogen and oxygen atoms in total. The summed E-state index contributed by atoms with van der Waals surface area (Å²) in [7, 11) is 0. The van der Waals surface area contributed by atoms with E-state index in [0.717, 1.165) is 37.9 Å². The summed E-state index contributed by atoms with van der Waals surface area (Å²) in [5.41, 5.74) is 6.36. The lowest BCUT2D eigenvalue weighted by Crippen LogP contribution is -2.46. The molecule has 0 unspecified atom stereocenters. The lowest BCUT2D eigenvalue weighted by molar-refractivity contribution is 0.0890. The van der Waals surface area contributed by atoms with Crippen molar-refractivity contribution in [1.29, 1.82) is 0 Å². The molecular formula is C14H23N3O2. The van der Waals surface area contributed by atoms with Gasteiger partial charge in [0, 0.05) is 24.6 Å². The second-order valence-corrected chi connectivity index (χ2v) is 5.35. The summed E-state index contributed by atoms with van der Waals surface area (Å²) in [6, 6.07) is 2.20. The van der Waals surface area contributed by atoms with Crippen molar-refractivity contribution in [3.63, 3.8) is 0 Å². The van der Waals surface area contributed by atoms with E-state index in [0.29, 0.717) is 11.6 Å². The molecule has 2 rings (SSSR count). The third kappa shape index (κ3) is 3.35. The van der Waals surface area contributed by atoms with Crippen molar-refractivity contribution < 1.29 is 9.32 Å². The van der Waals surface area contributed by atoms with Crippen molar-refractivity contribution in [3.05, 3.63) is 17.5 Å². The molecule has 1 aromatic heterocycles. The highest BCUT2D eigenvalue weighted by atomic mass is 16.5. The van der Waals surface area contributed by atoms with Crippen LogP contribution in [0.2, 0.25) is 0 Å². The molecular weight excluding hydrogens is 242 g/mol. The van der Waals surface area contributed by atoms with Crippen molar-refractivity contribution in [2.24, 2.45) is 11.7 Å². The highest BCUT2D eigenvalue weighted by molar-refractivity contribution is 5.92. The Morgan fingerprint density at radius 3 is 2.95 bits per heavy atom. The first-order valence-corrected chi connectivity index (χ1v) is 7.16. The van der Waals surface area contributed by atoms with Crippen LogP contribution in [0.15, 0.2) is 10.6 Å². The summed E-state index contributed by atoms with van der Waals surface area (Å²) in [5.74, 6) is 1.07. The van der Waals surface area contributed by atoms with E-state index in [1.807, 2.05) is 6.92 Å². The van der Waals surface area contributed by atoms with Crippen molar-refractivity contribution in [1.82, 2.24) is 10.5 Å². The molecule has 3 N–H and O–H groups in total. The molecule has 1 amide bonds. The molecule has 0 spiro atoms. The van der Waals surface area contributed by atoms with Crippen LogP contribution in [0.5, 0.6) is 0 Å². The highest BCUT2D eigenvalue weighted by Crippen LogP contribution is 2.26. The minimum Gasteiger partial charge on any atom is -0.361 e. The predicted molar refractivity (Wildman–Crippen MR) is 72.7 cm³/mol. The van der Waals surface area contributed by atoms with E-state index in [9.17, 15) is 4.79 Å². The van der Waals surface area contributed by atoms with Crippen LogP contribution in [0, 0.1) is 5.92 Å². The van der Waals surface area contributed by atoms with Gasteiger partial charge in [-0.25, -0.2) is 0 Å². The van der Waals surface area contributed by atoms with Gasteiger partial charge in [-0.15, -0.1) is 0 Å². The molecule has 1 aliphatic rings. The zero-order valence-corrected chi connectivity index (χ0v) is 11.7. The zero-order valence-electron chi connectivity index (χ0n) is 11.7. The van der Waals surface area contributed by atoms with Gasteiger partial charge in [-0.05, 0) is 25.2 Å². The highest BCUT2D eigenvalue weighted by Gasteiger charge is 2.29. The maximum Gasteiger partial charge on any atom is 0.273 e. The van der Waals surface area contributed by atoms with Gasteiger partial charge in [0.15, 0.2) is 5.69 Å². The first-order chi connectivity index (χ1) is 9.13. The van der Waals surface area contributed by atoms with E-state index in [1.54, 1.807) is 6.07 Å². The number of hydrogen-bond acceptors (Lipinski definition) is 4. The first-order valence-electron chi connectivity index (χ1n) is 7.16. The van der Waals surface area contributed by atoms with Crippen LogP contribution in [0.1, 0.15) is 55.8 Å². The molecule has 19 heavy (non-hydrogen) atoms. The van der Waals surface area contributed by atoms with Crippen LogP contribution >= 0.6 is 0 Å². The van der Waals surface area contributed by atoms with E-state index < -0.39 is 0 Å². The topological polar surface area (TPSA) is 81.2 Å². The number of hydrogen-bond donors (Lipinski definition) is 2. The lowest BCUT2D eigenvalue weighted by atomic mass is 9.80. The molecule has 0 aromatic carbocycles. The number of nitrogens with one attached hydrogen (secondary N) is 1. The molecule has 5 heteroatoms.